The fourth-order valence-electron chi connectivity index (χ4n) is 10.7. The number of ketones is 1. The van der Waals surface area contributed by atoms with Crippen molar-refractivity contribution in [2.75, 3.05) is 16.0 Å². The quantitative estimate of drug-likeness (QED) is 0.110. The van der Waals surface area contributed by atoms with E-state index in [0.717, 1.165) is 117 Å². The molecular weight excluding hydrogens is 1380 g/mol. The van der Waals surface area contributed by atoms with Crippen LogP contribution in [0.15, 0.2) is 325 Å². The van der Waals surface area contributed by atoms with E-state index in [1.807, 2.05) is 223 Å². The summed E-state index contributed by atoms with van der Waals surface area (Å²) in [4.78, 5) is 40.3. The maximum absolute atomic E-state index is 12.1. The van der Waals surface area contributed by atoms with E-state index in [9.17, 15) is 4.79 Å². The minimum absolute atomic E-state index is 0.0896. The topological polar surface area (TPSA) is 163 Å². The number of ether oxygens (including phenoxy) is 2. The van der Waals surface area contributed by atoms with Gasteiger partial charge in [0, 0.05) is 58.8 Å². The summed E-state index contributed by atoms with van der Waals surface area (Å²) in [5.74, 6) is 5.12. The van der Waals surface area contributed by atoms with Gasteiger partial charge in [0.2, 0.25) is 17.5 Å². The standard InChI is InChI=1S/C30H20N4O.C18H12BrN3.C14H11BrO.C12H9NO.C4H4BrN3/c1-3-11-21(12-4-1)28-29(22-13-5-2-6-14-22)33-20-23(19-31-30(33)32-28)34-24-15-7-9-17-26(24)35-27-18-10-8-16-25(27)34;19-15-11-20-18-21-16(13-7-3-1-4-8-13)17(22(18)12-15)14-9-5-2-6-10-14;15-13(11-7-3-1-4-8-11)14(16)12-9-5-2-6-10-12;1-3-7-11-9(5-1)13-10-6-2-4-8-12(10)14-11;5-3-1-7-4(6)8-2-3/h1-20H;1-12H;1-10,13H;1-8,13H;1-2H,(H2,6,7,8). The zero-order chi connectivity index (χ0) is 64.9. The molecule has 7 heterocycles. The molecular formula is C78H56Br3N11O3. The van der Waals surface area contributed by atoms with Crippen molar-refractivity contribution in [1.29, 1.82) is 0 Å². The van der Waals surface area contributed by atoms with Crippen LogP contribution in [0.3, 0.4) is 0 Å². The predicted octanol–water partition coefficient (Wildman–Crippen LogP) is 20.8. The average Bonchev–Trinajstić information content (AvgIpc) is 1.73. The number of halogens is 3. The van der Waals surface area contributed by atoms with E-state index in [4.69, 9.17) is 30.2 Å². The van der Waals surface area contributed by atoms with Gasteiger partial charge in [0.1, 0.15) is 4.83 Å². The Labute approximate surface area is 573 Å². The highest BCUT2D eigenvalue weighted by molar-refractivity contribution is 9.10. The molecule has 10 aromatic carbocycles. The van der Waals surface area contributed by atoms with Crippen molar-refractivity contribution in [2.24, 2.45) is 0 Å². The number of aromatic nitrogens is 8. The Hall–Kier alpha value is -11.4. The normalized spacial score (nSPS) is 11.6. The van der Waals surface area contributed by atoms with Crippen molar-refractivity contribution in [3.63, 3.8) is 0 Å². The number of nitrogens with zero attached hydrogens (tertiary/aromatic N) is 9. The van der Waals surface area contributed by atoms with Crippen LogP contribution in [-0.2, 0) is 0 Å². The number of nitrogen functional groups attached to an aromatic ring is 1. The molecule has 0 saturated heterocycles. The maximum Gasteiger partial charge on any atom is 0.234 e. The van der Waals surface area contributed by atoms with Crippen LogP contribution in [0.25, 0.3) is 56.6 Å². The highest BCUT2D eigenvalue weighted by Gasteiger charge is 2.27. The largest absolute Gasteiger partial charge is 0.453 e. The molecule has 17 heteroatoms. The zero-order valence-electron chi connectivity index (χ0n) is 50.6. The lowest BCUT2D eigenvalue weighted by Gasteiger charge is -2.32. The second-order valence-electron chi connectivity index (χ2n) is 21.4. The maximum atomic E-state index is 12.1. The van der Waals surface area contributed by atoms with Crippen molar-refractivity contribution >= 4 is 99.5 Å². The molecule has 14 nitrogen and oxygen atoms in total. The second-order valence-corrected chi connectivity index (χ2v) is 24.1. The molecule has 0 aliphatic carbocycles. The molecule has 3 N–H and O–H groups in total. The molecule has 462 valence electrons. The Bertz CT molecular complexity index is 4920. The molecule has 1 atom stereocenters. The molecule has 0 amide bonds. The summed E-state index contributed by atoms with van der Waals surface area (Å²) >= 11 is 10.1. The molecule has 0 spiro atoms. The highest BCUT2D eigenvalue weighted by Crippen LogP contribution is 2.50. The van der Waals surface area contributed by atoms with E-state index >= 15 is 0 Å². The number of imidazole rings is 2. The van der Waals surface area contributed by atoms with Gasteiger partial charge >= 0.3 is 0 Å². The third-order valence-electron chi connectivity index (χ3n) is 15.1. The predicted molar refractivity (Wildman–Crippen MR) is 389 cm³/mol. The van der Waals surface area contributed by atoms with Crippen molar-refractivity contribution in [3.8, 4) is 68.0 Å². The number of hydrogen-bond acceptors (Lipinski definition) is 12. The SMILES string of the molecule is Brc1cnc2nc(-c3ccccc3)c(-c3ccccc3)n2c1.Nc1ncc(Br)cn1.O=C(c1ccccc1)C(Br)c1ccccc1.c1ccc(-c2nc3ncc(N4c5ccccc5Oc5ccccc54)cn3c2-c2ccccc2)cc1.c1ccc2c(c1)Nc1ccccc1O2. The molecule has 2 aliphatic rings. The number of benzene rings is 10. The zero-order valence-corrected chi connectivity index (χ0v) is 55.3. The second kappa shape index (κ2) is 29.5. The number of fused-ring (bicyclic) bond motifs is 6. The van der Waals surface area contributed by atoms with E-state index in [0.29, 0.717) is 17.5 Å². The molecule has 2 aliphatic heterocycles. The first-order valence-corrected chi connectivity index (χ1v) is 32.6. The number of anilines is 6. The van der Waals surface area contributed by atoms with Crippen molar-refractivity contribution < 1.29 is 14.3 Å². The van der Waals surface area contributed by atoms with Gasteiger partial charge < -0.3 is 25.4 Å². The van der Waals surface area contributed by atoms with Gasteiger partial charge in [-0.25, -0.2) is 29.9 Å². The molecule has 95 heavy (non-hydrogen) atoms. The number of para-hydroxylation sites is 8. The van der Waals surface area contributed by atoms with Crippen LogP contribution < -0.4 is 25.4 Å². The van der Waals surface area contributed by atoms with E-state index < -0.39 is 0 Å². The fraction of sp³-hybridized carbons (Fsp3) is 0.0128. The summed E-state index contributed by atoms with van der Waals surface area (Å²) in [5.41, 5.74) is 20.1. The molecule has 0 bridgehead atoms. The Kier molecular flexibility index (Phi) is 19.4. The first kappa shape index (κ1) is 62.4. The van der Waals surface area contributed by atoms with Crippen molar-refractivity contribution in [3.05, 3.63) is 336 Å². The Morgan fingerprint density at radius 1 is 0.411 bits per heavy atom. The minimum atomic E-state index is -0.268. The molecule has 0 fully saturated rings. The number of carbonyl (C=O) groups is 1. The molecule has 1 unspecified atom stereocenters. The summed E-state index contributed by atoms with van der Waals surface area (Å²) in [7, 11) is 0. The van der Waals surface area contributed by atoms with Crippen LogP contribution in [0.1, 0.15) is 20.7 Å². The third-order valence-corrected chi connectivity index (χ3v) is 16.8. The molecule has 17 rings (SSSR count). The lowest BCUT2D eigenvalue weighted by Crippen LogP contribution is -2.16. The fourth-order valence-corrected chi connectivity index (χ4v) is 11.8. The van der Waals surface area contributed by atoms with E-state index in [-0.39, 0.29) is 10.6 Å². The van der Waals surface area contributed by atoms with Crippen LogP contribution in [0, 0.1) is 0 Å². The van der Waals surface area contributed by atoms with E-state index in [2.05, 4.69) is 156 Å². The summed E-state index contributed by atoms with van der Waals surface area (Å²) in [5, 5.41) is 3.32. The van der Waals surface area contributed by atoms with Crippen LogP contribution in [0.5, 0.6) is 23.0 Å². The monoisotopic (exact) mass is 1430 g/mol. The summed E-state index contributed by atoms with van der Waals surface area (Å²) in [6.45, 7) is 0. The first-order valence-electron chi connectivity index (χ1n) is 30.1. The lowest BCUT2D eigenvalue weighted by molar-refractivity contribution is 0.0991. The minimum Gasteiger partial charge on any atom is -0.453 e. The van der Waals surface area contributed by atoms with Gasteiger partial charge in [-0.15, -0.1) is 0 Å². The number of rotatable bonds is 8. The van der Waals surface area contributed by atoms with Gasteiger partial charge in [0.05, 0.1) is 66.4 Å². The van der Waals surface area contributed by atoms with Crippen LogP contribution in [0.2, 0.25) is 0 Å². The number of hydrogen-bond donors (Lipinski definition) is 2. The van der Waals surface area contributed by atoms with Crippen LogP contribution in [-0.4, -0.2) is 44.5 Å². The number of nitrogens with one attached hydrogen (secondary N) is 1. The lowest BCUT2D eigenvalue weighted by atomic mass is 10.0. The smallest absolute Gasteiger partial charge is 0.234 e. The van der Waals surface area contributed by atoms with Crippen LogP contribution >= 0.6 is 47.8 Å². The van der Waals surface area contributed by atoms with Crippen molar-refractivity contribution in [2.45, 2.75) is 4.83 Å². The summed E-state index contributed by atoms with van der Waals surface area (Å²) in [6, 6.07) is 92.1. The highest BCUT2D eigenvalue weighted by atomic mass is 79.9. The Morgan fingerprint density at radius 2 is 0.789 bits per heavy atom. The number of nitrogens with two attached hydrogens (primary N) is 1. The molecule has 0 radical (unpaired) electrons. The number of Topliss-reactive ketones (excluding diaryl/α,β-unsaturated/α-hetero) is 1. The molecule has 0 saturated carbocycles. The first-order chi connectivity index (χ1) is 46.7. The van der Waals surface area contributed by atoms with Gasteiger partial charge in [-0.1, -0.05) is 246 Å². The van der Waals surface area contributed by atoms with E-state index in [1.165, 1.54) is 0 Å². The van der Waals surface area contributed by atoms with Gasteiger partial charge in [0.25, 0.3) is 0 Å². The van der Waals surface area contributed by atoms with Gasteiger partial charge in [-0.05, 0) is 86.0 Å². The molecule has 5 aromatic heterocycles. The van der Waals surface area contributed by atoms with Gasteiger partial charge in [-0.2, -0.15) is 0 Å². The summed E-state index contributed by atoms with van der Waals surface area (Å²) in [6.07, 6.45) is 11.0. The average molecular weight is 1440 g/mol. The third kappa shape index (κ3) is 14.5. The Balaban J connectivity index is 0.000000117. The number of carbonyl (C=O) groups excluding carboxylic acids is 1. The van der Waals surface area contributed by atoms with Crippen molar-refractivity contribution in [1.82, 2.24) is 38.7 Å². The van der Waals surface area contributed by atoms with Gasteiger partial charge in [-0.3, -0.25) is 13.6 Å². The number of alkyl halides is 1. The Morgan fingerprint density at radius 3 is 1.27 bits per heavy atom. The molecule has 15 aromatic rings. The summed E-state index contributed by atoms with van der Waals surface area (Å²) < 4.78 is 17.8. The van der Waals surface area contributed by atoms with Gasteiger partial charge in [0.15, 0.2) is 28.8 Å². The van der Waals surface area contributed by atoms with Crippen LogP contribution in [0.4, 0.5) is 34.4 Å². The van der Waals surface area contributed by atoms with E-state index in [1.54, 1.807) is 18.6 Å².